The molecule has 1 fully saturated rings. The van der Waals surface area contributed by atoms with E-state index in [1.165, 1.54) is 12.3 Å². The van der Waals surface area contributed by atoms with Gasteiger partial charge in [0.2, 0.25) is 0 Å². The Bertz CT molecular complexity index is 632. The molecule has 0 radical (unpaired) electrons. The Morgan fingerprint density at radius 2 is 2.12 bits per heavy atom. The molecule has 0 bridgehead atoms. The van der Waals surface area contributed by atoms with Crippen molar-refractivity contribution in [3.8, 4) is 5.75 Å². The molecule has 9 heteroatoms. The summed E-state index contributed by atoms with van der Waals surface area (Å²) in [6, 6.07) is 2.94. The molecule has 0 aliphatic carbocycles. The molecule has 26 heavy (non-hydrogen) atoms. The minimum absolute atomic E-state index is 0.0276. The van der Waals surface area contributed by atoms with Crippen LogP contribution in [-0.4, -0.2) is 59.6 Å². The van der Waals surface area contributed by atoms with E-state index in [1.54, 1.807) is 31.7 Å². The van der Waals surface area contributed by atoms with E-state index in [9.17, 15) is 18.4 Å². The third-order valence-corrected chi connectivity index (χ3v) is 3.49. The second-order valence-corrected chi connectivity index (χ2v) is 6.94. The topological polar surface area (TPSA) is 80.8 Å². The van der Waals surface area contributed by atoms with E-state index in [-0.39, 0.29) is 17.9 Å². The van der Waals surface area contributed by atoms with Crippen molar-refractivity contribution in [3.63, 3.8) is 0 Å². The lowest BCUT2D eigenvalue weighted by Crippen LogP contribution is -2.36. The quantitative estimate of drug-likeness (QED) is 0.860. The molecule has 1 N–H and O–H groups in total. The van der Waals surface area contributed by atoms with Gasteiger partial charge in [0.05, 0.1) is 19.3 Å². The van der Waals surface area contributed by atoms with Crippen molar-refractivity contribution in [1.29, 1.82) is 0 Å². The van der Waals surface area contributed by atoms with Crippen molar-refractivity contribution in [2.45, 2.75) is 45.3 Å². The number of likely N-dealkylation sites (tertiary alicyclic amines) is 1. The second-order valence-electron chi connectivity index (χ2n) is 6.94. The number of hydrogen-bond acceptors (Lipinski definition) is 5. The summed E-state index contributed by atoms with van der Waals surface area (Å²) in [4.78, 5) is 29.2. The van der Waals surface area contributed by atoms with Gasteiger partial charge in [-0.25, -0.2) is 18.6 Å². The van der Waals surface area contributed by atoms with Crippen LogP contribution in [-0.2, 0) is 4.74 Å². The highest BCUT2D eigenvalue weighted by Gasteiger charge is 2.30. The average molecular weight is 371 g/mol. The standard InChI is InChI=1S/C17H23F2N3O4/c1-17(2,3)26-16(24)22-7-6-12(10-22)25-11-4-5-13(20-8-11)15(23)21-9-14(18)19/h4-5,8,12,14H,6-7,9-10H2,1-3H3,(H,21,23)/t12-/m1/s1. The summed E-state index contributed by atoms with van der Waals surface area (Å²) in [7, 11) is 0. The Kier molecular flexibility index (Phi) is 6.33. The molecule has 0 unspecified atom stereocenters. The van der Waals surface area contributed by atoms with Gasteiger partial charge in [-0.1, -0.05) is 0 Å². The number of rotatable bonds is 5. The highest BCUT2D eigenvalue weighted by atomic mass is 19.3. The van der Waals surface area contributed by atoms with Crippen molar-refractivity contribution in [1.82, 2.24) is 15.2 Å². The number of nitrogens with zero attached hydrogens (tertiary/aromatic N) is 2. The number of aromatic nitrogens is 1. The van der Waals surface area contributed by atoms with Crippen LogP contribution in [0.3, 0.4) is 0 Å². The molecule has 0 spiro atoms. The van der Waals surface area contributed by atoms with E-state index in [0.29, 0.717) is 25.3 Å². The Morgan fingerprint density at radius 1 is 1.38 bits per heavy atom. The number of ether oxygens (including phenoxy) is 2. The summed E-state index contributed by atoms with van der Waals surface area (Å²) in [5, 5.41) is 2.08. The van der Waals surface area contributed by atoms with Gasteiger partial charge in [-0.3, -0.25) is 4.79 Å². The van der Waals surface area contributed by atoms with Crippen LogP contribution < -0.4 is 10.1 Å². The Balaban J connectivity index is 1.84. The molecule has 1 saturated heterocycles. The Morgan fingerprint density at radius 3 is 2.69 bits per heavy atom. The zero-order chi connectivity index (χ0) is 19.3. The lowest BCUT2D eigenvalue weighted by molar-refractivity contribution is 0.0275. The van der Waals surface area contributed by atoms with Crippen molar-refractivity contribution >= 4 is 12.0 Å². The molecule has 2 rings (SSSR count). The van der Waals surface area contributed by atoms with Crippen molar-refractivity contribution in [2.24, 2.45) is 0 Å². The summed E-state index contributed by atoms with van der Waals surface area (Å²) in [6.45, 7) is 5.62. The summed E-state index contributed by atoms with van der Waals surface area (Å²) < 4.78 is 35.3. The highest BCUT2D eigenvalue weighted by Crippen LogP contribution is 2.20. The first-order valence-electron chi connectivity index (χ1n) is 8.31. The number of pyridine rings is 1. The summed E-state index contributed by atoms with van der Waals surface area (Å²) in [6.07, 6.45) is -1.20. The van der Waals surface area contributed by atoms with E-state index in [4.69, 9.17) is 9.47 Å². The van der Waals surface area contributed by atoms with Crippen molar-refractivity contribution in [2.75, 3.05) is 19.6 Å². The van der Waals surface area contributed by atoms with Crippen LogP contribution in [0.1, 0.15) is 37.7 Å². The van der Waals surface area contributed by atoms with Crippen LogP contribution in [0, 0.1) is 0 Å². The van der Waals surface area contributed by atoms with Crippen LogP contribution in [0.2, 0.25) is 0 Å². The number of nitrogens with one attached hydrogen (secondary N) is 1. The van der Waals surface area contributed by atoms with Gasteiger partial charge in [-0.15, -0.1) is 0 Å². The minimum Gasteiger partial charge on any atom is -0.487 e. The second kappa shape index (κ2) is 8.29. The maximum absolute atomic E-state index is 12.1. The molecule has 144 valence electrons. The summed E-state index contributed by atoms with van der Waals surface area (Å²) in [5.74, 6) is -0.236. The first-order valence-corrected chi connectivity index (χ1v) is 8.31. The molecule has 0 aromatic carbocycles. The number of amides is 2. The SMILES string of the molecule is CC(C)(C)OC(=O)N1CC[C@@H](Oc2ccc(C(=O)NCC(F)F)nc2)C1. The van der Waals surface area contributed by atoms with Crippen molar-refractivity contribution < 1.29 is 27.8 Å². The molecular weight excluding hydrogens is 348 g/mol. The van der Waals surface area contributed by atoms with E-state index < -0.39 is 24.5 Å². The third-order valence-electron chi connectivity index (χ3n) is 3.49. The zero-order valence-electron chi connectivity index (χ0n) is 15.0. The zero-order valence-corrected chi connectivity index (χ0v) is 15.0. The van der Waals surface area contributed by atoms with Crippen LogP contribution in [0.4, 0.5) is 13.6 Å². The van der Waals surface area contributed by atoms with Gasteiger partial charge in [0.1, 0.15) is 23.1 Å². The van der Waals surface area contributed by atoms with Gasteiger partial charge in [0.25, 0.3) is 12.3 Å². The van der Waals surface area contributed by atoms with Gasteiger partial charge in [0.15, 0.2) is 0 Å². The predicted molar refractivity (Wildman–Crippen MR) is 89.4 cm³/mol. The summed E-state index contributed by atoms with van der Waals surface area (Å²) in [5.41, 5.74) is -0.527. The first-order chi connectivity index (χ1) is 12.1. The van der Waals surface area contributed by atoms with Crippen LogP contribution >= 0.6 is 0 Å². The third kappa shape index (κ3) is 6.12. The molecule has 1 aliphatic heterocycles. The molecule has 1 aromatic heterocycles. The van der Waals surface area contributed by atoms with Gasteiger partial charge >= 0.3 is 6.09 Å². The smallest absolute Gasteiger partial charge is 0.410 e. The largest absolute Gasteiger partial charge is 0.487 e. The van der Waals surface area contributed by atoms with Gasteiger partial charge in [-0.2, -0.15) is 0 Å². The number of hydrogen-bond donors (Lipinski definition) is 1. The Labute approximate surface area is 150 Å². The lowest BCUT2D eigenvalue weighted by Gasteiger charge is -2.24. The molecule has 1 aromatic rings. The fraction of sp³-hybridized carbons (Fsp3) is 0.588. The lowest BCUT2D eigenvalue weighted by atomic mass is 10.2. The normalized spacial score (nSPS) is 17.3. The maximum Gasteiger partial charge on any atom is 0.410 e. The molecular formula is C17H23F2N3O4. The van der Waals surface area contributed by atoms with Gasteiger partial charge < -0.3 is 19.7 Å². The predicted octanol–water partition coefficient (Wildman–Crippen LogP) is 2.46. The monoisotopic (exact) mass is 371 g/mol. The van der Waals surface area contributed by atoms with Crippen LogP contribution in [0.15, 0.2) is 18.3 Å². The fourth-order valence-corrected chi connectivity index (χ4v) is 2.35. The van der Waals surface area contributed by atoms with E-state index >= 15 is 0 Å². The molecule has 2 heterocycles. The molecule has 7 nitrogen and oxygen atoms in total. The average Bonchev–Trinajstić information content (AvgIpc) is 3.00. The number of halogens is 2. The molecule has 1 aliphatic rings. The molecule has 2 amide bonds. The fourth-order valence-electron chi connectivity index (χ4n) is 2.35. The minimum atomic E-state index is -2.61. The number of carbonyl (C=O) groups excluding carboxylic acids is 2. The van der Waals surface area contributed by atoms with Gasteiger partial charge in [-0.05, 0) is 32.9 Å². The van der Waals surface area contributed by atoms with Gasteiger partial charge in [0, 0.05) is 13.0 Å². The highest BCUT2D eigenvalue weighted by molar-refractivity contribution is 5.92. The van der Waals surface area contributed by atoms with Crippen LogP contribution in [0.25, 0.3) is 0 Å². The van der Waals surface area contributed by atoms with E-state index in [1.807, 2.05) is 0 Å². The Hall–Kier alpha value is -2.45. The summed E-state index contributed by atoms with van der Waals surface area (Å²) >= 11 is 0. The molecule has 0 saturated carbocycles. The van der Waals surface area contributed by atoms with E-state index in [0.717, 1.165) is 0 Å². The van der Waals surface area contributed by atoms with Crippen LogP contribution in [0.5, 0.6) is 5.75 Å². The number of alkyl halides is 2. The maximum atomic E-state index is 12.1. The van der Waals surface area contributed by atoms with E-state index in [2.05, 4.69) is 10.3 Å². The molecule has 1 atom stereocenters. The first kappa shape index (κ1) is 19.9. The van der Waals surface area contributed by atoms with Crippen molar-refractivity contribution in [3.05, 3.63) is 24.0 Å². The number of carbonyl (C=O) groups is 2.